The van der Waals surface area contributed by atoms with Gasteiger partial charge in [-0.3, -0.25) is 0 Å². The van der Waals surface area contributed by atoms with Crippen molar-refractivity contribution in [3.05, 3.63) is 17.7 Å². The summed E-state index contributed by atoms with van der Waals surface area (Å²) in [5.41, 5.74) is 0.142. The van der Waals surface area contributed by atoms with Crippen LogP contribution in [0.15, 0.2) is 12.1 Å². The summed E-state index contributed by atoms with van der Waals surface area (Å²) in [5.74, 6) is 4.09. The molecule has 0 atom stereocenters. The van der Waals surface area contributed by atoms with Crippen LogP contribution in [0, 0.1) is 11.7 Å². The molecule has 1 aromatic carbocycles. The molecule has 0 N–H and O–H groups in total. The second-order valence-electron chi connectivity index (χ2n) is 3.26. The minimum atomic E-state index is -5.15. The average molecular weight is 259 g/mol. The Morgan fingerprint density at radius 2 is 1.44 bits per heavy atom. The predicted octanol–water partition coefficient (Wildman–Crippen LogP) is 2.45. The zero-order valence-corrected chi connectivity index (χ0v) is 10.1. The molecule has 0 saturated heterocycles. The lowest BCUT2D eigenvalue weighted by atomic mass is 9.93. The Bertz CT molecular complexity index is 464. The predicted molar refractivity (Wildman–Crippen MR) is 62.1 cm³/mol. The van der Waals surface area contributed by atoms with Gasteiger partial charge < -0.3 is 27.2 Å². The van der Waals surface area contributed by atoms with Crippen LogP contribution < -0.4 is 14.2 Å². The number of halogens is 3. The van der Waals surface area contributed by atoms with E-state index in [1.54, 1.807) is 0 Å². The quantitative estimate of drug-likeness (QED) is 0.616. The highest BCUT2D eigenvalue weighted by Crippen LogP contribution is 2.37. The summed E-state index contributed by atoms with van der Waals surface area (Å²) >= 11 is 0. The van der Waals surface area contributed by atoms with Gasteiger partial charge in [-0.2, -0.15) is 5.82 Å². The minimum Gasteiger partial charge on any atom is -0.493 e. The van der Waals surface area contributed by atoms with Crippen LogP contribution in [0.4, 0.5) is 12.9 Å². The van der Waals surface area contributed by atoms with Gasteiger partial charge in [-0.25, -0.2) is 0 Å². The smallest absolute Gasteiger partial charge is 0.493 e. The number of hydrogen-bond acceptors (Lipinski definition) is 3. The molecule has 18 heavy (non-hydrogen) atoms. The fourth-order valence-corrected chi connectivity index (χ4v) is 1.32. The molecule has 0 amide bonds. The molecule has 0 aliphatic carbocycles. The first-order valence-electron chi connectivity index (χ1n) is 4.94. The van der Waals surface area contributed by atoms with E-state index >= 15 is 0 Å². The summed E-state index contributed by atoms with van der Waals surface area (Å²) in [7, 11) is 4.16. The van der Waals surface area contributed by atoms with E-state index in [0.29, 0.717) is 5.75 Å². The molecule has 0 aromatic heterocycles. The molecule has 0 bridgehead atoms. The molecule has 0 unspecified atom stereocenters. The highest BCUT2D eigenvalue weighted by Gasteiger charge is 2.18. The maximum atomic E-state index is 12.1. The van der Waals surface area contributed by atoms with Gasteiger partial charge in [0.1, 0.15) is 0 Å². The van der Waals surface area contributed by atoms with Crippen LogP contribution in [-0.2, 0) is 0 Å². The maximum absolute atomic E-state index is 12.1. The van der Waals surface area contributed by atoms with E-state index in [9.17, 15) is 12.9 Å². The first kappa shape index (κ1) is 14.1. The molecule has 1 rings (SSSR count). The monoisotopic (exact) mass is 259 g/mol. The van der Waals surface area contributed by atoms with Crippen molar-refractivity contribution in [1.82, 2.24) is 0 Å². The van der Waals surface area contributed by atoms with E-state index in [1.165, 1.54) is 39.3 Å². The molecule has 7 heteroatoms. The zero-order valence-electron chi connectivity index (χ0n) is 10.1. The third-order valence-electron chi connectivity index (χ3n) is 2.04. The van der Waals surface area contributed by atoms with Crippen molar-refractivity contribution in [3.63, 3.8) is 0 Å². The van der Waals surface area contributed by atoms with Crippen LogP contribution in [0.1, 0.15) is 5.56 Å². The average Bonchev–Trinajstić information content (AvgIpc) is 2.33. The van der Waals surface area contributed by atoms with E-state index in [2.05, 4.69) is 0 Å². The molecule has 0 fully saturated rings. The highest BCUT2D eigenvalue weighted by molar-refractivity contribution is 6.67. The lowest BCUT2D eigenvalue weighted by molar-refractivity contribution is 0.324. The molecule has 0 heterocycles. The third kappa shape index (κ3) is 3.52. The Labute approximate surface area is 103 Å². The molecule has 1 aromatic rings. The van der Waals surface area contributed by atoms with Gasteiger partial charge in [-0.1, -0.05) is 0 Å². The number of ether oxygens (including phenoxy) is 3. The summed E-state index contributed by atoms with van der Waals surface area (Å²) < 4.78 is 51.2. The Kier molecular flexibility index (Phi) is 4.37. The van der Waals surface area contributed by atoms with Crippen molar-refractivity contribution in [3.8, 4) is 29.0 Å². The van der Waals surface area contributed by atoms with Gasteiger partial charge in [0.2, 0.25) is 5.75 Å². The standard InChI is InChI=1S/C11H11BF3O3/c1-16-9-6-8(4-5-12(13,14)15)7-10(17-2)11(9)18-3/h6-7H,1-3H3/q-1. The molecule has 0 aliphatic heterocycles. The van der Waals surface area contributed by atoms with E-state index < -0.39 is 6.98 Å². The molecule has 0 spiro atoms. The minimum absolute atomic E-state index is 0.142. The molecule has 98 valence electrons. The Morgan fingerprint density at radius 3 is 1.78 bits per heavy atom. The number of methoxy groups -OCH3 is 3. The van der Waals surface area contributed by atoms with Crippen molar-refractivity contribution in [2.24, 2.45) is 0 Å². The summed E-state index contributed by atoms with van der Waals surface area (Å²) in [6.45, 7) is -5.15. The van der Waals surface area contributed by atoms with E-state index in [4.69, 9.17) is 14.2 Å². The van der Waals surface area contributed by atoms with Crippen LogP contribution in [0.5, 0.6) is 17.2 Å². The molecule has 3 nitrogen and oxygen atoms in total. The first-order valence-corrected chi connectivity index (χ1v) is 4.94. The largest absolute Gasteiger partial charge is 0.558 e. The SMILES string of the molecule is COc1cc(C#C[B-](F)(F)F)cc(OC)c1OC. The fraction of sp³-hybridized carbons (Fsp3) is 0.273. The Hall–Kier alpha value is -1.97. The van der Waals surface area contributed by atoms with Crippen molar-refractivity contribution in [2.45, 2.75) is 0 Å². The van der Waals surface area contributed by atoms with E-state index in [1.807, 2.05) is 5.92 Å². The van der Waals surface area contributed by atoms with Crippen LogP contribution in [0.2, 0.25) is 0 Å². The molecular weight excluding hydrogens is 248 g/mol. The van der Waals surface area contributed by atoms with Gasteiger partial charge in [0.05, 0.1) is 21.3 Å². The van der Waals surface area contributed by atoms with Crippen LogP contribution in [-0.4, -0.2) is 28.3 Å². The first-order chi connectivity index (χ1) is 8.41. The Morgan fingerprint density at radius 1 is 0.944 bits per heavy atom. The van der Waals surface area contributed by atoms with Gasteiger partial charge in [0.15, 0.2) is 11.5 Å². The number of hydrogen-bond donors (Lipinski definition) is 0. The van der Waals surface area contributed by atoms with Gasteiger partial charge in [0.25, 0.3) is 0 Å². The van der Waals surface area contributed by atoms with Crippen LogP contribution >= 0.6 is 0 Å². The normalized spacial score (nSPS) is 10.3. The van der Waals surface area contributed by atoms with Gasteiger partial charge in [0, 0.05) is 5.56 Å². The second-order valence-corrected chi connectivity index (χ2v) is 3.26. The molecule has 0 radical (unpaired) electrons. The van der Waals surface area contributed by atoms with Crippen molar-refractivity contribution < 1.29 is 27.2 Å². The summed E-state index contributed by atoms with van der Waals surface area (Å²) in [4.78, 5) is 0. The number of benzene rings is 1. The van der Waals surface area contributed by atoms with Gasteiger partial charge in [-0.15, -0.1) is 5.92 Å². The fourth-order valence-electron chi connectivity index (χ4n) is 1.32. The van der Waals surface area contributed by atoms with E-state index in [-0.39, 0.29) is 17.1 Å². The molecule has 0 aliphatic rings. The van der Waals surface area contributed by atoms with Gasteiger partial charge >= 0.3 is 6.98 Å². The zero-order chi connectivity index (χ0) is 13.8. The molecule has 0 saturated carbocycles. The van der Waals surface area contributed by atoms with Gasteiger partial charge in [-0.05, 0) is 12.1 Å². The van der Waals surface area contributed by atoms with E-state index in [0.717, 1.165) is 0 Å². The highest BCUT2D eigenvalue weighted by atomic mass is 19.4. The summed E-state index contributed by atoms with van der Waals surface area (Å²) in [6.07, 6.45) is 0. The lowest BCUT2D eigenvalue weighted by Crippen LogP contribution is -2.10. The van der Waals surface area contributed by atoms with Crippen LogP contribution in [0.25, 0.3) is 0 Å². The summed E-state index contributed by atoms with van der Waals surface area (Å²) in [5, 5.41) is 0. The molecular formula is C11H11BF3O3-. The third-order valence-corrected chi connectivity index (χ3v) is 2.04. The van der Waals surface area contributed by atoms with Crippen LogP contribution in [0.3, 0.4) is 0 Å². The maximum Gasteiger partial charge on any atom is 0.558 e. The number of rotatable bonds is 3. The van der Waals surface area contributed by atoms with Crippen molar-refractivity contribution in [1.29, 1.82) is 0 Å². The topological polar surface area (TPSA) is 27.7 Å². The van der Waals surface area contributed by atoms with Crippen molar-refractivity contribution >= 4 is 6.98 Å². The Balaban J connectivity index is 3.26. The van der Waals surface area contributed by atoms with Crippen molar-refractivity contribution in [2.75, 3.05) is 21.3 Å². The summed E-state index contributed by atoms with van der Waals surface area (Å²) in [6, 6.07) is 2.71. The lowest BCUT2D eigenvalue weighted by Gasteiger charge is -2.12. The second kappa shape index (κ2) is 5.58.